The molecule has 0 heterocycles. The summed E-state index contributed by atoms with van der Waals surface area (Å²) < 4.78 is 0. The number of fused-ring (bicyclic) bond motifs is 6. The Morgan fingerprint density at radius 3 is 1.63 bits per heavy atom. The van der Waals surface area contributed by atoms with Crippen LogP contribution in [0.15, 0.2) is 109 Å². The van der Waals surface area contributed by atoms with Gasteiger partial charge in [0.05, 0.1) is 5.71 Å². The molecular formula is C45H45N. The van der Waals surface area contributed by atoms with Gasteiger partial charge in [0.1, 0.15) is 0 Å². The zero-order valence-electron chi connectivity index (χ0n) is 28.9. The summed E-state index contributed by atoms with van der Waals surface area (Å²) in [5.41, 5.74) is 20.1. The van der Waals surface area contributed by atoms with E-state index in [1.54, 1.807) is 0 Å². The molecule has 0 spiro atoms. The van der Waals surface area contributed by atoms with E-state index in [9.17, 15) is 0 Å². The van der Waals surface area contributed by atoms with Crippen LogP contribution in [0, 0.1) is 0 Å². The van der Waals surface area contributed by atoms with Gasteiger partial charge in [0, 0.05) is 23.6 Å². The molecule has 1 nitrogen and oxygen atoms in total. The van der Waals surface area contributed by atoms with Gasteiger partial charge in [-0.1, -0.05) is 141 Å². The van der Waals surface area contributed by atoms with Gasteiger partial charge in [0.25, 0.3) is 0 Å². The number of nitrogens with zero attached hydrogens (tertiary/aromatic N) is 1. The third-order valence-corrected chi connectivity index (χ3v) is 10.3. The minimum absolute atomic E-state index is 0.0794. The van der Waals surface area contributed by atoms with Crippen LogP contribution in [0.3, 0.4) is 0 Å². The van der Waals surface area contributed by atoms with Crippen LogP contribution in [-0.2, 0) is 16.2 Å². The SMILES string of the molecule is C=C1C(=NC)c2ccccc2-c2ccc(-c3ccc4c(c3)-c3ccc(-c5cc(C(C)(C)C)cc(C(C)(C)C)c5)cc3C4(C)C)cc21. The van der Waals surface area contributed by atoms with Gasteiger partial charge in [0.2, 0.25) is 0 Å². The molecule has 0 saturated heterocycles. The molecule has 7 rings (SSSR count). The van der Waals surface area contributed by atoms with E-state index in [0.717, 1.165) is 22.4 Å². The molecule has 0 saturated carbocycles. The Hall–Kier alpha value is -4.49. The molecule has 0 aliphatic heterocycles. The highest BCUT2D eigenvalue weighted by molar-refractivity contribution is 6.36. The summed E-state index contributed by atoms with van der Waals surface area (Å²) >= 11 is 0. The molecule has 0 unspecified atom stereocenters. The molecule has 0 bridgehead atoms. The van der Waals surface area contributed by atoms with Gasteiger partial charge < -0.3 is 0 Å². The van der Waals surface area contributed by atoms with Crippen LogP contribution in [0.4, 0.5) is 0 Å². The normalized spacial score (nSPS) is 15.8. The highest BCUT2D eigenvalue weighted by atomic mass is 14.7. The Labute approximate surface area is 275 Å². The minimum atomic E-state index is -0.0892. The van der Waals surface area contributed by atoms with Crippen LogP contribution in [0.5, 0.6) is 0 Å². The molecule has 0 atom stereocenters. The summed E-state index contributed by atoms with van der Waals surface area (Å²) in [4.78, 5) is 4.64. The molecule has 0 radical (unpaired) electrons. The summed E-state index contributed by atoms with van der Waals surface area (Å²) in [5.74, 6) is 0. The number of benzene rings is 5. The first-order chi connectivity index (χ1) is 21.7. The summed E-state index contributed by atoms with van der Waals surface area (Å²) in [6.07, 6.45) is 0. The number of rotatable bonds is 2. The van der Waals surface area contributed by atoms with E-state index in [1.807, 2.05) is 7.05 Å². The smallest absolute Gasteiger partial charge is 0.0722 e. The molecule has 2 aliphatic rings. The topological polar surface area (TPSA) is 12.4 Å². The summed E-state index contributed by atoms with van der Waals surface area (Å²) in [7, 11) is 1.86. The van der Waals surface area contributed by atoms with Gasteiger partial charge in [-0.15, -0.1) is 0 Å². The second-order valence-corrected chi connectivity index (χ2v) is 15.8. The highest BCUT2D eigenvalue weighted by Gasteiger charge is 2.36. The maximum atomic E-state index is 4.64. The van der Waals surface area contributed by atoms with Crippen molar-refractivity contribution in [1.82, 2.24) is 0 Å². The fraction of sp³-hybridized carbons (Fsp3) is 0.267. The van der Waals surface area contributed by atoms with E-state index in [0.29, 0.717) is 0 Å². The highest BCUT2D eigenvalue weighted by Crippen LogP contribution is 2.51. The lowest BCUT2D eigenvalue weighted by molar-refractivity contribution is 0.569. The van der Waals surface area contributed by atoms with E-state index in [-0.39, 0.29) is 16.2 Å². The first-order valence-corrected chi connectivity index (χ1v) is 16.5. The van der Waals surface area contributed by atoms with E-state index in [2.05, 4.69) is 164 Å². The van der Waals surface area contributed by atoms with Crippen LogP contribution >= 0.6 is 0 Å². The Bertz CT molecular complexity index is 2070. The van der Waals surface area contributed by atoms with E-state index < -0.39 is 0 Å². The zero-order chi connectivity index (χ0) is 32.8. The third-order valence-electron chi connectivity index (χ3n) is 10.3. The van der Waals surface area contributed by atoms with Crippen LogP contribution < -0.4 is 0 Å². The van der Waals surface area contributed by atoms with Crippen molar-refractivity contribution in [2.24, 2.45) is 4.99 Å². The van der Waals surface area contributed by atoms with Crippen molar-refractivity contribution in [3.05, 3.63) is 137 Å². The van der Waals surface area contributed by atoms with Gasteiger partial charge in [-0.05, 0) is 101 Å². The van der Waals surface area contributed by atoms with E-state index >= 15 is 0 Å². The van der Waals surface area contributed by atoms with Crippen LogP contribution in [0.1, 0.15) is 88.8 Å². The van der Waals surface area contributed by atoms with Crippen LogP contribution in [-0.4, -0.2) is 12.8 Å². The van der Waals surface area contributed by atoms with Crippen molar-refractivity contribution in [2.75, 3.05) is 7.05 Å². The molecule has 46 heavy (non-hydrogen) atoms. The summed E-state index contributed by atoms with van der Waals surface area (Å²) in [6, 6.07) is 36.8. The first kappa shape index (κ1) is 30.2. The van der Waals surface area contributed by atoms with Gasteiger partial charge in [-0.25, -0.2) is 0 Å². The second kappa shape index (κ2) is 10.3. The molecule has 0 aromatic heterocycles. The molecular weight excluding hydrogens is 555 g/mol. The van der Waals surface area contributed by atoms with Crippen LogP contribution in [0.2, 0.25) is 0 Å². The fourth-order valence-corrected chi connectivity index (χ4v) is 7.45. The Morgan fingerprint density at radius 1 is 0.500 bits per heavy atom. The molecule has 230 valence electrons. The number of hydrogen-bond donors (Lipinski definition) is 0. The largest absolute Gasteiger partial charge is 0.287 e. The van der Waals surface area contributed by atoms with Gasteiger partial charge >= 0.3 is 0 Å². The van der Waals surface area contributed by atoms with Crippen molar-refractivity contribution < 1.29 is 0 Å². The standard InChI is InChI=1S/C45H45N/c1-27-38-23-28(15-18-35(38)34-13-11-12-14-37(34)42(27)46-10)29-17-20-40-39(24-29)36-19-16-30(25-41(36)45(40,8)9)31-21-32(43(2,3)4)26-33(22-31)44(5,6)7/h11-26H,1H2,2-10H3. The van der Waals surface area contributed by atoms with E-state index in [4.69, 9.17) is 0 Å². The Morgan fingerprint density at radius 2 is 1.02 bits per heavy atom. The summed E-state index contributed by atoms with van der Waals surface area (Å²) in [5, 5.41) is 0. The molecule has 0 fully saturated rings. The van der Waals surface area contributed by atoms with Gasteiger partial charge in [0.15, 0.2) is 0 Å². The lowest BCUT2D eigenvalue weighted by Crippen LogP contribution is -2.17. The maximum Gasteiger partial charge on any atom is 0.0722 e. The zero-order valence-corrected chi connectivity index (χ0v) is 28.9. The minimum Gasteiger partial charge on any atom is -0.287 e. The predicted molar refractivity (Wildman–Crippen MR) is 199 cm³/mol. The van der Waals surface area contributed by atoms with Crippen molar-refractivity contribution in [3.63, 3.8) is 0 Å². The lowest BCUT2D eigenvalue weighted by atomic mass is 9.78. The van der Waals surface area contributed by atoms with Crippen molar-refractivity contribution in [2.45, 2.75) is 71.6 Å². The number of aliphatic imine (C=N–C) groups is 1. The molecule has 5 aromatic carbocycles. The van der Waals surface area contributed by atoms with Crippen LogP contribution in [0.25, 0.3) is 50.1 Å². The molecule has 5 aromatic rings. The average molecular weight is 600 g/mol. The third kappa shape index (κ3) is 4.71. The Kier molecular flexibility index (Phi) is 6.73. The molecule has 1 heteroatoms. The first-order valence-electron chi connectivity index (χ1n) is 16.5. The average Bonchev–Trinajstić information content (AvgIpc) is 3.25. The molecule has 2 aliphatic carbocycles. The summed E-state index contributed by atoms with van der Waals surface area (Å²) in [6.45, 7) is 23.1. The molecule has 0 amide bonds. The van der Waals surface area contributed by atoms with Gasteiger partial charge in [-0.2, -0.15) is 0 Å². The Balaban J connectivity index is 1.32. The number of hydrogen-bond acceptors (Lipinski definition) is 1. The lowest BCUT2D eigenvalue weighted by Gasteiger charge is -2.27. The quantitative estimate of drug-likeness (QED) is 0.191. The van der Waals surface area contributed by atoms with Gasteiger partial charge in [-0.3, -0.25) is 4.99 Å². The fourth-order valence-electron chi connectivity index (χ4n) is 7.45. The maximum absolute atomic E-state index is 4.64. The second-order valence-electron chi connectivity index (χ2n) is 15.8. The predicted octanol–water partition coefficient (Wildman–Crippen LogP) is 12.0. The van der Waals surface area contributed by atoms with Crippen molar-refractivity contribution in [1.29, 1.82) is 0 Å². The van der Waals surface area contributed by atoms with Crippen molar-refractivity contribution >= 4 is 11.3 Å². The molecule has 0 N–H and O–H groups in total. The monoisotopic (exact) mass is 599 g/mol. The van der Waals surface area contributed by atoms with Crippen molar-refractivity contribution in [3.8, 4) is 44.5 Å². The number of allylic oxidation sites excluding steroid dienone is 1. The van der Waals surface area contributed by atoms with E-state index in [1.165, 1.54) is 66.8 Å².